The minimum Gasteiger partial charge on any atom is -0.424 e. The number of carbonyl (C=O) groups excluding carboxylic acids is 1. The normalized spacial score (nSPS) is 21.4. The summed E-state index contributed by atoms with van der Waals surface area (Å²) in [6.45, 7) is 5.91. The van der Waals surface area contributed by atoms with Crippen molar-refractivity contribution in [3.63, 3.8) is 0 Å². The van der Waals surface area contributed by atoms with Crippen molar-refractivity contribution >= 4 is 5.91 Å². The fourth-order valence-corrected chi connectivity index (χ4v) is 2.63. The summed E-state index contributed by atoms with van der Waals surface area (Å²) in [5.41, 5.74) is 0. The van der Waals surface area contributed by atoms with Crippen LogP contribution in [0.25, 0.3) is 0 Å². The number of aryl methyl sites for hydroxylation is 1. The van der Waals surface area contributed by atoms with E-state index >= 15 is 0 Å². The molecule has 0 spiro atoms. The first-order valence-corrected chi connectivity index (χ1v) is 7.02. The fourth-order valence-electron chi connectivity index (χ4n) is 2.63. The first-order valence-electron chi connectivity index (χ1n) is 7.02. The Bertz CT molecular complexity index is 447. The van der Waals surface area contributed by atoms with Gasteiger partial charge in [0.15, 0.2) is 0 Å². The van der Waals surface area contributed by atoms with E-state index in [1.165, 1.54) is 6.42 Å². The third-order valence-corrected chi connectivity index (χ3v) is 4.07. The molecule has 1 saturated heterocycles. The molecule has 6 nitrogen and oxygen atoms in total. The molecule has 3 rings (SSSR count). The summed E-state index contributed by atoms with van der Waals surface area (Å²) in [5, 5.41) is 7.84. The van der Waals surface area contributed by atoms with Gasteiger partial charge in [0.25, 0.3) is 0 Å². The molecular formula is C13H20N4O2. The number of hydrogen-bond acceptors (Lipinski definition) is 5. The highest BCUT2D eigenvalue weighted by atomic mass is 16.4. The molecule has 19 heavy (non-hydrogen) atoms. The predicted octanol–water partition coefficient (Wildman–Crippen LogP) is 0.822. The molecule has 0 aromatic carbocycles. The number of nitrogens with zero attached hydrogens (tertiary/aromatic N) is 4. The van der Waals surface area contributed by atoms with Gasteiger partial charge in [0.1, 0.15) is 0 Å². The van der Waals surface area contributed by atoms with E-state index in [0.29, 0.717) is 30.2 Å². The van der Waals surface area contributed by atoms with E-state index in [9.17, 15) is 4.79 Å². The highest BCUT2D eigenvalue weighted by Gasteiger charge is 2.31. The van der Waals surface area contributed by atoms with Crippen molar-refractivity contribution in [2.24, 2.45) is 5.92 Å². The van der Waals surface area contributed by atoms with Gasteiger partial charge in [0.05, 0.1) is 6.54 Å². The van der Waals surface area contributed by atoms with Crippen LogP contribution in [0.1, 0.15) is 31.0 Å². The molecule has 0 atom stereocenters. The lowest BCUT2D eigenvalue weighted by Gasteiger charge is -2.37. The molecular weight excluding hydrogens is 244 g/mol. The van der Waals surface area contributed by atoms with Gasteiger partial charge in [-0.1, -0.05) is 6.42 Å². The zero-order valence-electron chi connectivity index (χ0n) is 11.3. The molecule has 0 bridgehead atoms. The first-order chi connectivity index (χ1) is 9.22. The van der Waals surface area contributed by atoms with Crippen molar-refractivity contribution < 1.29 is 9.21 Å². The van der Waals surface area contributed by atoms with Gasteiger partial charge in [-0.2, -0.15) is 0 Å². The Hall–Kier alpha value is -1.43. The highest BCUT2D eigenvalue weighted by molar-refractivity contribution is 5.79. The van der Waals surface area contributed by atoms with Crippen molar-refractivity contribution in [1.82, 2.24) is 20.0 Å². The van der Waals surface area contributed by atoms with Crippen molar-refractivity contribution in [1.29, 1.82) is 0 Å². The molecule has 104 valence electrons. The standard InChI is InChI=1S/C13H20N4O2/c1-10-14-15-12(19-10)9-16-5-7-17(8-6-16)13(18)11-3-2-4-11/h11H,2-9H2,1H3. The molecule has 2 fully saturated rings. The molecule has 1 saturated carbocycles. The van der Waals surface area contributed by atoms with Gasteiger partial charge in [0.2, 0.25) is 17.7 Å². The SMILES string of the molecule is Cc1nnc(CN2CCN(C(=O)C3CCC3)CC2)o1. The average Bonchev–Trinajstić information content (AvgIpc) is 2.73. The fraction of sp³-hybridized carbons (Fsp3) is 0.769. The molecule has 2 heterocycles. The van der Waals surface area contributed by atoms with Gasteiger partial charge in [0, 0.05) is 39.0 Å². The first kappa shape index (κ1) is 12.6. The van der Waals surface area contributed by atoms with Crippen LogP contribution in [0.15, 0.2) is 4.42 Å². The lowest BCUT2D eigenvalue weighted by molar-refractivity contribution is -0.140. The van der Waals surface area contributed by atoms with Crippen molar-refractivity contribution in [2.45, 2.75) is 32.7 Å². The van der Waals surface area contributed by atoms with Crippen LogP contribution >= 0.6 is 0 Å². The van der Waals surface area contributed by atoms with Crippen molar-refractivity contribution in [2.75, 3.05) is 26.2 Å². The number of hydrogen-bond donors (Lipinski definition) is 0. The minimum absolute atomic E-state index is 0.310. The summed E-state index contributed by atoms with van der Waals surface area (Å²) in [4.78, 5) is 16.4. The zero-order valence-corrected chi connectivity index (χ0v) is 11.3. The Kier molecular flexibility index (Phi) is 3.50. The largest absolute Gasteiger partial charge is 0.424 e. The van der Waals surface area contributed by atoms with Gasteiger partial charge in [-0.15, -0.1) is 10.2 Å². The van der Waals surface area contributed by atoms with Gasteiger partial charge in [-0.25, -0.2) is 0 Å². The maximum atomic E-state index is 12.1. The Labute approximate surface area is 112 Å². The lowest BCUT2D eigenvalue weighted by Crippen LogP contribution is -2.50. The second-order valence-corrected chi connectivity index (χ2v) is 5.44. The third kappa shape index (κ3) is 2.78. The Morgan fingerprint density at radius 3 is 2.53 bits per heavy atom. The number of aromatic nitrogens is 2. The molecule has 0 radical (unpaired) electrons. The van der Waals surface area contributed by atoms with Crippen LogP contribution in [0, 0.1) is 12.8 Å². The van der Waals surface area contributed by atoms with Crippen LogP contribution in [0.4, 0.5) is 0 Å². The van der Waals surface area contributed by atoms with Crippen LogP contribution in [0.5, 0.6) is 0 Å². The van der Waals surface area contributed by atoms with E-state index in [1.807, 2.05) is 4.90 Å². The summed E-state index contributed by atoms with van der Waals surface area (Å²) < 4.78 is 5.38. The minimum atomic E-state index is 0.310. The second-order valence-electron chi connectivity index (χ2n) is 5.44. The molecule has 1 aliphatic heterocycles. The van der Waals surface area contributed by atoms with E-state index in [0.717, 1.165) is 39.0 Å². The van der Waals surface area contributed by atoms with Crippen LogP contribution in [-0.4, -0.2) is 52.1 Å². The molecule has 1 amide bonds. The summed E-state index contributed by atoms with van der Waals surface area (Å²) in [6, 6.07) is 0. The smallest absolute Gasteiger partial charge is 0.230 e. The van der Waals surface area contributed by atoms with Crippen LogP contribution in [0.2, 0.25) is 0 Å². The van der Waals surface area contributed by atoms with Gasteiger partial charge >= 0.3 is 0 Å². The molecule has 0 N–H and O–H groups in total. The number of piperazine rings is 1. The molecule has 1 aromatic rings. The van der Waals surface area contributed by atoms with Crippen LogP contribution in [0.3, 0.4) is 0 Å². The van der Waals surface area contributed by atoms with Crippen LogP contribution < -0.4 is 0 Å². The molecule has 6 heteroatoms. The maximum absolute atomic E-state index is 12.1. The monoisotopic (exact) mass is 264 g/mol. The van der Waals surface area contributed by atoms with E-state index in [2.05, 4.69) is 15.1 Å². The van der Waals surface area contributed by atoms with Crippen LogP contribution in [-0.2, 0) is 11.3 Å². The summed E-state index contributed by atoms with van der Waals surface area (Å²) >= 11 is 0. The van der Waals surface area contributed by atoms with Gasteiger partial charge < -0.3 is 9.32 Å². The van der Waals surface area contributed by atoms with E-state index in [-0.39, 0.29) is 0 Å². The Morgan fingerprint density at radius 1 is 1.26 bits per heavy atom. The maximum Gasteiger partial charge on any atom is 0.230 e. The topological polar surface area (TPSA) is 62.5 Å². The predicted molar refractivity (Wildman–Crippen MR) is 68.2 cm³/mol. The number of carbonyl (C=O) groups is 1. The average molecular weight is 264 g/mol. The molecule has 1 aliphatic carbocycles. The van der Waals surface area contributed by atoms with Crippen molar-refractivity contribution in [3.05, 3.63) is 11.8 Å². The zero-order chi connectivity index (χ0) is 13.2. The number of amides is 1. The number of rotatable bonds is 3. The van der Waals surface area contributed by atoms with E-state index in [1.54, 1.807) is 6.92 Å². The second kappa shape index (κ2) is 5.28. The van der Waals surface area contributed by atoms with Crippen molar-refractivity contribution in [3.8, 4) is 0 Å². The quantitative estimate of drug-likeness (QED) is 0.809. The molecule has 0 unspecified atom stereocenters. The van der Waals surface area contributed by atoms with E-state index < -0.39 is 0 Å². The summed E-state index contributed by atoms with van der Waals surface area (Å²) in [5.74, 6) is 1.94. The molecule has 1 aromatic heterocycles. The summed E-state index contributed by atoms with van der Waals surface area (Å²) in [6.07, 6.45) is 3.38. The lowest BCUT2D eigenvalue weighted by atomic mass is 9.84. The third-order valence-electron chi connectivity index (χ3n) is 4.07. The molecule has 2 aliphatic rings. The Morgan fingerprint density at radius 2 is 2.00 bits per heavy atom. The highest BCUT2D eigenvalue weighted by Crippen LogP contribution is 2.28. The summed E-state index contributed by atoms with van der Waals surface area (Å²) in [7, 11) is 0. The van der Waals surface area contributed by atoms with Gasteiger partial charge in [-0.05, 0) is 12.8 Å². The Balaban J connectivity index is 1.47. The van der Waals surface area contributed by atoms with E-state index in [4.69, 9.17) is 4.42 Å². The van der Waals surface area contributed by atoms with Gasteiger partial charge in [-0.3, -0.25) is 9.69 Å².